The maximum atomic E-state index is 12.2. The van der Waals surface area contributed by atoms with E-state index in [9.17, 15) is 4.79 Å². The first-order chi connectivity index (χ1) is 14.1. The molecule has 150 valence electrons. The van der Waals surface area contributed by atoms with Gasteiger partial charge < -0.3 is 9.73 Å². The van der Waals surface area contributed by atoms with Crippen LogP contribution in [0.25, 0.3) is 0 Å². The predicted octanol–water partition coefficient (Wildman–Crippen LogP) is 5.08. The summed E-state index contributed by atoms with van der Waals surface area (Å²) in [5.74, 6) is 0.310. The van der Waals surface area contributed by atoms with Gasteiger partial charge >= 0.3 is 0 Å². The Labute approximate surface area is 179 Å². The molecule has 0 spiro atoms. The first-order valence-electron chi connectivity index (χ1n) is 9.52. The van der Waals surface area contributed by atoms with Gasteiger partial charge in [-0.3, -0.25) is 9.69 Å². The molecule has 1 N–H and O–H groups in total. The maximum Gasteiger partial charge on any atom is 0.273 e. The van der Waals surface area contributed by atoms with Crippen LogP contribution in [0.15, 0.2) is 59.2 Å². The standard InChI is InChI=1S/C22H21Cl2N3O2/c23-17-7-6-16(19(24)10-17)12-27(11-15-4-2-1-3-5-15)13-21-26-20(14-29-21)22(28)25-18-8-9-18/h1-7,10,14,18H,8-9,11-13H2,(H,25,28). The lowest BCUT2D eigenvalue weighted by molar-refractivity contribution is 0.0946. The molecule has 0 radical (unpaired) electrons. The zero-order valence-corrected chi connectivity index (χ0v) is 17.3. The second kappa shape index (κ2) is 8.99. The van der Waals surface area contributed by atoms with Gasteiger partial charge in [-0.25, -0.2) is 4.98 Å². The molecule has 5 nitrogen and oxygen atoms in total. The maximum absolute atomic E-state index is 12.2. The number of halogens is 2. The summed E-state index contributed by atoms with van der Waals surface area (Å²) in [7, 11) is 0. The van der Waals surface area contributed by atoms with E-state index in [1.165, 1.54) is 6.26 Å². The van der Waals surface area contributed by atoms with Crippen LogP contribution in [0, 0.1) is 0 Å². The normalized spacial score (nSPS) is 13.6. The molecule has 2 aromatic carbocycles. The van der Waals surface area contributed by atoms with Crippen molar-refractivity contribution in [1.82, 2.24) is 15.2 Å². The summed E-state index contributed by atoms with van der Waals surface area (Å²) in [6, 6.07) is 15.9. The summed E-state index contributed by atoms with van der Waals surface area (Å²) in [6.45, 7) is 1.73. The number of carbonyl (C=O) groups excluding carboxylic acids is 1. The smallest absolute Gasteiger partial charge is 0.273 e. The lowest BCUT2D eigenvalue weighted by Crippen LogP contribution is -2.26. The van der Waals surface area contributed by atoms with Gasteiger partial charge in [-0.05, 0) is 36.1 Å². The third kappa shape index (κ3) is 5.60. The number of benzene rings is 2. The number of nitrogens with one attached hydrogen (secondary N) is 1. The van der Waals surface area contributed by atoms with Crippen molar-refractivity contribution in [2.75, 3.05) is 0 Å². The van der Waals surface area contributed by atoms with E-state index in [0.29, 0.717) is 41.3 Å². The van der Waals surface area contributed by atoms with Crippen LogP contribution in [0.5, 0.6) is 0 Å². The van der Waals surface area contributed by atoms with Gasteiger partial charge in [0.15, 0.2) is 5.69 Å². The van der Waals surface area contributed by atoms with E-state index >= 15 is 0 Å². The van der Waals surface area contributed by atoms with Crippen LogP contribution in [0.2, 0.25) is 10.0 Å². The molecule has 0 bridgehead atoms. The number of nitrogens with zero attached hydrogens (tertiary/aromatic N) is 2. The number of rotatable bonds is 8. The Bertz CT molecular complexity index is 987. The van der Waals surface area contributed by atoms with E-state index in [1.807, 2.05) is 30.3 Å². The molecule has 3 aromatic rings. The Balaban J connectivity index is 1.50. The van der Waals surface area contributed by atoms with Crippen molar-refractivity contribution < 1.29 is 9.21 Å². The van der Waals surface area contributed by atoms with Crippen LogP contribution in [-0.4, -0.2) is 21.8 Å². The molecule has 1 heterocycles. The van der Waals surface area contributed by atoms with E-state index in [1.54, 1.807) is 6.07 Å². The van der Waals surface area contributed by atoms with Crippen LogP contribution in [0.1, 0.15) is 40.3 Å². The highest BCUT2D eigenvalue weighted by Crippen LogP contribution is 2.24. The molecule has 0 aliphatic heterocycles. The number of amides is 1. The molecule has 1 aliphatic rings. The van der Waals surface area contributed by atoms with Crippen LogP contribution in [0.4, 0.5) is 0 Å². The van der Waals surface area contributed by atoms with Crippen molar-refractivity contribution in [3.05, 3.63) is 87.6 Å². The van der Waals surface area contributed by atoms with E-state index < -0.39 is 0 Å². The molecule has 29 heavy (non-hydrogen) atoms. The van der Waals surface area contributed by atoms with Crippen molar-refractivity contribution in [2.45, 2.75) is 38.5 Å². The molecule has 1 saturated carbocycles. The zero-order valence-electron chi connectivity index (χ0n) is 15.8. The van der Waals surface area contributed by atoms with Gasteiger partial charge in [-0.2, -0.15) is 0 Å². The fourth-order valence-corrected chi connectivity index (χ4v) is 3.53. The van der Waals surface area contributed by atoms with Crippen molar-refractivity contribution in [3.63, 3.8) is 0 Å². The molecule has 1 aromatic heterocycles. The van der Waals surface area contributed by atoms with Crippen LogP contribution in [0.3, 0.4) is 0 Å². The second-order valence-electron chi connectivity index (χ2n) is 7.24. The van der Waals surface area contributed by atoms with Gasteiger partial charge in [0.1, 0.15) is 6.26 Å². The quantitative estimate of drug-likeness (QED) is 0.542. The molecule has 1 amide bonds. The van der Waals surface area contributed by atoms with E-state index in [-0.39, 0.29) is 11.9 Å². The molecule has 1 fully saturated rings. The van der Waals surface area contributed by atoms with Crippen molar-refractivity contribution in [2.24, 2.45) is 0 Å². The van der Waals surface area contributed by atoms with Gasteiger partial charge in [-0.15, -0.1) is 0 Å². The summed E-state index contributed by atoms with van der Waals surface area (Å²) >= 11 is 12.4. The molecule has 1 aliphatic carbocycles. The summed E-state index contributed by atoms with van der Waals surface area (Å²) < 4.78 is 5.58. The second-order valence-corrected chi connectivity index (χ2v) is 8.08. The van der Waals surface area contributed by atoms with Crippen LogP contribution >= 0.6 is 23.2 Å². The minimum atomic E-state index is -0.183. The molecular weight excluding hydrogens is 409 g/mol. The van der Waals surface area contributed by atoms with Gasteiger partial charge in [-0.1, -0.05) is 59.6 Å². The number of carbonyl (C=O) groups is 1. The lowest BCUT2D eigenvalue weighted by atomic mass is 10.1. The molecule has 0 saturated heterocycles. The Morgan fingerprint density at radius 2 is 1.90 bits per heavy atom. The molecule has 0 unspecified atom stereocenters. The third-order valence-electron chi connectivity index (χ3n) is 4.71. The highest BCUT2D eigenvalue weighted by atomic mass is 35.5. The fourth-order valence-electron chi connectivity index (χ4n) is 3.07. The first-order valence-corrected chi connectivity index (χ1v) is 10.3. The Hall–Kier alpha value is -2.34. The predicted molar refractivity (Wildman–Crippen MR) is 113 cm³/mol. The van der Waals surface area contributed by atoms with Crippen molar-refractivity contribution >= 4 is 29.1 Å². The average Bonchev–Trinajstić information content (AvgIpc) is 3.39. The van der Waals surface area contributed by atoms with E-state index in [4.69, 9.17) is 27.6 Å². The minimum Gasteiger partial charge on any atom is -0.447 e. The number of hydrogen-bond acceptors (Lipinski definition) is 4. The van der Waals surface area contributed by atoms with Gasteiger partial charge in [0, 0.05) is 29.2 Å². The largest absolute Gasteiger partial charge is 0.447 e. The average molecular weight is 430 g/mol. The SMILES string of the molecule is O=C(NC1CC1)c1coc(CN(Cc2ccccc2)Cc2ccc(Cl)cc2Cl)n1. The topological polar surface area (TPSA) is 58.4 Å². The van der Waals surface area contributed by atoms with E-state index in [2.05, 4.69) is 27.3 Å². The summed E-state index contributed by atoms with van der Waals surface area (Å²) in [5.41, 5.74) is 2.44. The van der Waals surface area contributed by atoms with Gasteiger partial charge in [0.2, 0.25) is 5.89 Å². The Morgan fingerprint density at radius 3 is 2.62 bits per heavy atom. The molecule has 7 heteroatoms. The minimum absolute atomic E-state index is 0.183. The monoisotopic (exact) mass is 429 g/mol. The Morgan fingerprint density at radius 1 is 1.10 bits per heavy atom. The van der Waals surface area contributed by atoms with E-state index in [0.717, 1.165) is 24.0 Å². The van der Waals surface area contributed by atoms with Crippen LogP contribution < -0.4 is 5.32 Å². The number of aromatic nitrogens is 1. The summed E-state index contributed by atoms with van der Waals surface area (Å²) in [5, 5.41) is 4.15. The molecule has 0 atom stereocenters. The fraction of sp³-hybridized carbons (Fsp3) is 0.273. The molecule has 4 rings (SSSR count). The Kier molecular flexibility index (Phi) is 6.19. The highest BCUT2D eigenvalue weighted by Gasteiger charge is 2.25. The van der Waals surface area contributed by atoms with Crippen LogP contribution in [-0.2, 0) is 19.6 Å². The number of oxazole rings is 1. The summed E-state index contributed by atoms with van der Waals surface area (Å²) in [4.78, 5) is 18.7. The first kappa shape index (κ1) is 20.0. The third-order valence-corrected chi connectivity index (χ3v) is 5.30. The number of hydrogen-bond donors (Lipinski definition) is 1. The summed E-state index contributed by atoms with van der Waals surface area (Å²) in [6.07, 6.45) is 3.48. The zero-order chi connectivity index (χ0) is 20.2. The van der Waals surface area contributed by atoms with Gasteiger partial charge in [0.25, 0.3) is 5.91 Å². The van der Waals surface area contributed by atoms with Crippen molar-refractivity contribution in [1.29, 1.82) is 0 Å². The lowest BCUT2D eigenvalue weighted by Gasteiger charge is -2.21. The van der Waals surface area contributed by atoms with Gasteiger partial charge in [0.05, 0.1) is 6.54 Å². The van der Waals surface area contributed by atoms with Crippen molar-refractivity contribution in [3.8, 4) is 0 Å². The molecular formula is C22H21Cl2N3O2. The highest BCUT2D eigenvalue weighted by molar-refractivity contribution is 6.35.